The molecule has 4 aliphatic rings. The number of carbonyl (C=O) groups is 1. The molecule has 2 aromatic carbocycles. The van der Waals surface area contributed by atoms with Crippen molar-refractivity contribution in [2.75, 3.05) is 55.5 Å². The summed E-state index contributed by atoms with van der Waals surface area (Å²) in [6.07, 6.45) is 3.59. The Morgan fingerprint density at radius 3 is 2.74 bits per heavy atom. The molecule has 2 aromatic heterocycles. The molecular formula is C31H31ClFN7O2. The lowest BCUT2D eigenvalue weighted by Gasteiger charge is -2.50. The van der Waals surface area contributed by atoms with Crippen molar-refractivity contribution in [3.05, 3.63) is 47.4 Å². The Morgan fingerprint density at radius 2 is 1.95 bits per heavy atom. The average molecular weight is 588 g/mol. The van der Waals surface area contributed by atoms with Gasteiger partial charge in [0.05, 0.1) is 5.69 Å². The molecular weight excluding hydrogens is 557 g/mol. The maximum Gasteiger partial charge on any atom is 0.251 e. The first kappa shape index (κ1) is 25.9. The lowest BCUT2D eigenvalue weighted by molar-refractivity contribution is -0.120. The summed E-state index contributed by atoms with van der Waals surface area (Å²) >= 11 is 6.59. The zero-order valence-corrected chi connectivity index (χ0v) is 24.4. The number of nitrogens with zero attached hydrogens (tertiary/aromatic N) is 6. The van der Waals surface area contributed by atoms with Gasteiger partial charge in [0.1, 0.15) is 28.7 Å². The number of nitrogens with one attached hydrogen (secondary N) is 1. The van der Waals surface area contributed by atoms with Gasteiger partial charge in [0.15, 0.2) is 11.6 Å². The topological polar surface area (TPSA) is 88.1 Å². The van der Waals surface area contributed by atoms with E-state index in [2.05, 4.69) is 25.0 Å². The van der Waals surface area contributed by atoms with Crippen LogP contribution >= 0.6 is 11.6 Å². The maximum atomic E-state index is 16.9. The molecule has 0 radical (unpaired) electrons. The van der Waals surface area contributed by atoms with Crippen LogP contribution in [0.4, 0.5) is 21.6 Å². The third kappa shape index (κ3) is 3.58. The lowest BCUT2D eigenvalue weighted by Crippen LogP contribution is -2.66. The largest absolute Gasteiger partial charge is 0.508 e. The van der Waals surface area contributed by atoms with Crippen LogP contribution in [0.5, 0.6) is 5.75 Å². The predicted octanol–water partition coefficient (Wildman–Crippen LogP) is 3.98. The molecule has 0 saturated carbocycles. The highest BCUT2D eigenvalue weighted by Crippen LogP contribution is 2.50. The van der Waals surface area contributed by atoms with Gasteiger partial charge in [-0.15, -0.1) is 0 Å². The zero-order chi connectivity index (χ0) is 29.0. The van der Waals surface area contributed by atoms with Crippen molar-refractivity contribution in [3.8, 4) is 17.0 Å². The molecule has 6 heterocycles. The van der Waals surface area contributed by atoms with E-state index >= 15 is 4.39 Å². The molecule has 11 heteroatoms. The second-order valence-electron chi connectivity index (χ2n) is 12.2. The molecule has 9 nitrogen and oxygen atoms in total. The summed E-state index contributed by atoms with van der Waals surface area (Å²) < 4.78 is 16.9. The van der Waals surface area contributed by atoms with Crippen LogP contribution in [0.25, 0.3) is 32.9 Å². The van der Waals surface area contributed by atoms with Crippen molar-refractivity contribution in [1.82, 2.24) is 20.2 Å². The summed E-state index contributed by atoms with van der Waals surface area (Å²) in [5.41, 5.74) is 2.19. The molecule has 3 fully saturated rings. The third-order valence-corrected chi connectivity index (χ3v) is 9.89. The van der Waals surface area contributed by atoms with E-state index in [4.69, 9.17) is 16.6 Å². The first-order chi connectivity index (χ1) is 20.2. The van der Waals surface area contributed by atoms with E-state index in [1.807, 2.05) is 20.2 Å². The SMILES string of the molecule is CN1C(=O)C2C3CCC(CN2c2c1c(N1CC(N(C)C)C1)nc1c(F)c(-c4cc(O)cc5cccc(Cl)c45)ncc21)N3. The molecule has 42 heavy (non-hydrogen) atoms. The normalized spacial score (nSPS) is 23.6. The maximum absolute atomic E-state index is 16.9. The number of halogens is 2. The Kier molecular flexibility index (Phi) is 5.64. The summed E-state index contributed by atoms with van der Waals surface area (Å²) in [4.78, 5) is 31.6. The molecule has 0 spiro atoms. The number of hydrogen-bond acceptors (Lipinski definition) is 8. The lowest BCUT2D eigenvalue weighted by atomic mass is 9.95. The van der Waals surface area contributed by atoms with E-state index in [1.54, 1.807) is 36.3 Å². The molecule has 2 bridgehead atoms. The smallest absolute Gasteiger partial charge is 0.251 e. The van der Waals surface area contributed by atoms with Gasteiger partial charge in [-0.05, 0) is 50.5 Å². The minimum absolute atomic E-state index is 0.00488. The van der Waals surface area contributed by atoms with Gasteiger partial charge >= 0.3 is 0 Å². The summed E-state index contributed by atoms with van der Waals surface area (Å²) in [7, 11) is 5.90. The summed E-state index contributed by atoms with van der Waals surface area (Å²) in [6, 6.07) is 8.73. The number of phenolic OH excluding ortho intramolecular Hbond substituents is 1. The van der Waals surface area contributed by atoms with Crippen molar-refractivity contribution in [2.45, 2.75) is 37.0 Å². The van der Waals surface area contributed by atoms with E-state index < -0.39 is 5.82 Å². The van der Waals surface area contributed by atoms with Crippen LogP contribution in [0.2, 0.25) is 5.02 Å². The first-order valence-electron chi connectivity index (χ1n) is 14.4. The van der Waals surface area contributed by atoms with Gasteiger partial charge in [-0.3, -0.25) is 9.78 Å². The number of pyridine rings is 2. The van der Waals surface area contributed by atoms with E-state index in [1.165, 1.54) is 6.07 Å². The van der Waals surface area contributed by atoms with Gasteiger partial charge < -0.3 is 30.0 Å². The Balaban J connectivity index is 1.39. The number of piperazine rings is 1. The van der Waals surface area contributed by atoms with Gasteiger partial charge in [-0.1, -0.05) is 23.7 Å². The number of benzene rings is 2. The number of anilines is 3. The van der Waals surface area contributed by atoms with Crippen LogP contribution < -0.4 is 20.0 Å². The molecule has 4 aliphatic heterocycles. The van der Waals surface area contributed by atoms with Crippen molar-refractivity contribution in [2.24, 2.45) is 0 Å². The fraction of sp³-hybridized carbons (Fsp3) is 0.387. The Labute approximate surface area is 247 Å². The molecule has 8 rings (SSSR count). The highest BCUT2D eigenvalue weighted by atomic mass is 35.5. The Hall–Kier alpha value is -3.73. The Morgan fingerprint density at radius 1 is 1.14 bits per heavy atom. The number of fused-ring (bicyclic) bond motifs is 9. The second kappa shape index (κ2) is 9.13. The number of carbonyl (C=O) groups excluding carboxylic acids is 1. The third-order valence-electron chi connectivity index (χ3n) is 9.58. The number of aromatic nitrogens is 2. The number of aromatic hydroxyl groups is 1. The highest BCUT2D eigenvalue weighted by molar-refractivity contribution is 6.36. The fourth-order valence-corrected chi connectivity index (χ4v) is 7.61. The average Bonchev–Trinajstić information content (AvgIpc) is 3.30. The van der Waals surface area contributed by atoms with Gasteiger partial charge in [0.2, 0.25) is 0 Å². The van der Waals surface area contributed by atoms with Crippen molar-refractivity contribution in [1.29, 1.82) is 0 Å². The van der Waals surface area contributed by atoms with Gasteiger partial charge in [0.25, 0.3) is 5.91 Å². The molecule has 3 unspecified atom stereocenters. The number of amides is 1. The fourth-order valence-electron chi connectivity index (χ4n) is 7.32. The number of hydrogen-bond donors (Lipinski definition) is 2. The van der Waals surface area contributed by atoms with Crippen molar-refractivity contribution < 1.29 is 14.3 Å². The van der Waals surface area contributed by atoms with E-state index in [-0.39, 0.29) is 41.0 Å². The van der Waals surface area contributed by atoms with Crippen LogP contribution in [-0.2, 0) is 4.79 Å². The first-order valence-corrected chi connectivity index (χ1v) is 14.7. The monoisotopic (exact) mass is 587 g/mol. The van der Waals surface area contributed by atoms with Gasteiger partial charge in [-0.2, -0.15) is 0 Å². The minimum atomic E-state index is -0.581. The van der Waals surface area contributed by atoms with E-state index in [0.717, 1.165) is 31.6 Å². The zero-order valence-electron chi connectivity index (χ0n) is 23.6. The summed E-state index contributed by atoms with van der Waals surface area (Å²) in [5.74, 6) is 0.0426. The molecule has 216 valence electrons. The molecule has 3 saturated heterocycles. The molecule has 4 aromatic rings. The van der Waals surface area contributed by atoms with Crippen LogP contribution in [0, 0.1) is 5.82 Å². The number of phenols is 1. The second-order valence-corrected chi connectivity index (χ2v) is 12.6. The Bertz CT molecular complexity index is 1810. The highest BCUT2D eigenvalue weighted by Gasteiger charge is 2.50. The quantitative estimate of drug-likeness (QED) is 0.372. The number of likely N-dealkylation sites (N-methyl/N-ethyl adjacent to an activating group) is 2. The van der Waals surface area contributed by atoms with E-state index in [9.17, 15) is 9.90 Å². The van der Waals surface area contributed by atoms with Crippen molar-refractivity contribution in [3.63, 3.8) is 0 Å². The predicted molar refractivity (Wildman–Crippen MR) is 163 cm³/mol. The summed E-state index contributed by atoms with van der Waals surface area (Å²) in [5, 5.41) is 16.5. The molecule has 1 amide bonds. The summed E-state index contributed by atoms with van der Waals surface area (Å²) in [6.45, 7) is 2.11. The van der Waals surface area contributed by atoms with Crippen LogP contribution in [0.3, 0.4) is 0 Å². The van der Waals surface area contributed by atoms with Crippen LogP contribution in [0.1, 0.15) is 12.8 Å². The van der Waals surface area contributed by atoms with E-state index in [0.29, 0.717) is 50.8 Å². The number of rotatable bonds is 3. The van der Waals surface area contributed by atoms with Crippen molar-refractivity contribution >= 4 is 56.4 Å². The van der Waals surface area contributed by atoms with Gasteiger partial charge in [0, 0.05) is 72.4 Å². The molecule has 2 N–H and O–H groups in total. The van der Waals surface area contributed by atoms with Crippen LogP contribution in [-0.4, -0.2) is 90.8 Å². The van der Waals surface area contributed by atoms with Crippen LogP contribution in [0.15, 0.2) is 36.5 Å². The standard InChI is InChI=1S/C31H31ClFN7O2/c1-37(2)17-13-39(14-17)30-29-27(40-12-16-7-8-22(35-16)28(40)31(42)38(29)3)20-11-34-25(24(33)26(20)36-30)19-10-18(41)9-15-5-4-6-21(32)23(15)19/h4-6,9-11,16-17,22,28,35,41H,7-8,12-14H2,1-3H3. The van der Waals surface area contributed by atoms with Gasteiger partial charge in [-0.25, -0.2) is 9.37 Å². The molecule has 0 aliphatic carbocycles. The molecule has 3 atom stereocenters. The minimum Gasteiger partial charge on any atom is -0.508 e.